The lowest BCUT2D eigenvalue weighted by molar-refractivity contribution is 0.215. The van der Waals surface area contributed by atoms with Crippen LogP contribution in [0.15, 0.2) is 36.7 Å². The maximum absolute atomic E-state index is 6.24. The molecule has 0 fully saturated rings. The van der Waals surface area contributed by atoms with Crippen LogP contribution in [-0.2, 0) is 6.54 Å². The van der Waals surface area contributed by atoms with Gasteiger partial charge in [0.1, 0.15) is 11.4 Å². The van der Waals surface area contributed by atoms with Gasteiger partial charge in [0, 0.05) is 17.6 Å². The molecule has 3 heterocycles. The molecule has 26 heavy (non-hydrogen) atoms. The quantitative estimate of drug-likeness (QED) is 0.726. The number of aromatic nitrogens is 5. The van der Waals surface area contributed by atoms with E-state index in [2.05, 4.69) is 50.6 Å². The van der Waals surface area contributed by atoms with Crippen LogP contribution in [0, 0.1) is 0 Å². The summed E-state index contributed by atoms with van der Waals surface area (Å²) in [6.07, 6.45) is 6.02. The van der Waals surface area contributed by atoms with Gasteiger partial charge < -0.3 is 10.7 Å². The lowest BCUT2D eigenvalue weighted by Gasteiger charge is -2.23. The van der Waals surface area contributed by atoms with Crippen LogP contribution in [-0.4, -0.2) is 42.1 Å². The fourth-order valence-corrected chi connectivity index (χ4v) is 3.14. The summed E-state index contributed by atoms with van der Waals surface area (Å²) in [5.74, 6) is 0.156. The van der Waals surface area contributed by atoms with Gasteiger partial charge in [-0.25, -0.2) is 20.1 Å². The van der Waals surface area contributed by atoms with Crippen molar-refractivity contribution in [3.8, 4) is 11.4 Å². The molecular weight excluding hydrogens is 352 g/mol. The Morgan fingerprint density at radius 2 is 2.15 bits per heavy atom. The summed E-state index contributed by atoms with van der Waals surface area (Å²) in [7, 11) is 0. The van der Waals surface area contributed by atoms with Crippen LogP contribution in [0.1, 0.15) is 13.8 Å². The predicted molar refractivity (Wildman–Crippen MR) is 101 cm³/mol. The molecule has 1 aliphatic rings. The van der Waals surface area contributed by atoms with E-state index in [0.29, 0.717) is 34.5 Å². The monoisotopic (exact) mass is 370 g/mol. The van der Waals surface area contributed by atoms with Gasteiger partial charge in [-0.15, -0.1) is 5.10 Å². The van der Waals surface area contributed by atoms with E-state index in [4.69, 9.17) is 17.3 Å². The van der Waals surface area contributed by atoms with E-state index < -0.39 is 0 Å². The zero-order valence-electron chi connectivity index (χ0n) is 14.5. The first-order valence-corrected chi connectivity index (χ1v) is 8.74. The van der Waals surface area contributed by atoms with Crippen molar-refractivity contribution in [1.29, 1.82) is 0 Å². The number of hydrogen-bond donors (Lipinski definition) is 2. The third-order valence-electron chi connectivity index (χ3n) is 4.21. The number of nitrogens with one attached hydrogen (secondary N) is 1. The molecule has 3 aromatic rings. The first-order chi connectivity index (χ1) is 12.5. The van der Waals surface area contributed by atoms with Crippen molar-refractivity contribution in [3.63, 3.8) is 0 Å². The minimum absolute atomic E-state index is 0.156. The maximum atomic E-state index is 6.24. The van der Waals surface area contributed by atoms with E-state index in [1.54, 1.807) is 10.7 Å². The van der Waals surface area contributed by atoms with Crippen LogP contribution in [0.5, 0.6) is 0 Å². The number of para-hydroxylation sites is 1. The second kappa shape index (κ2) is 6.54. The predicted octanol–water partition coefficient (Wildman–Crippen LogP) is 2.23. The number of anilines is 1. The normalized spacial score (nSPS) is 16.9. The highest BCUT2D eigenvalue weighted by Gasteiger charge is 2.19. The molecule has 0 saturated heterocycles. The molecule has 1 atom stereocenters. The molecule has 2 aromatic heterocycles. The van der Waals surface area contributed by atoms with Crippen LogP contribution >= 0.6 is 11.6 Å². The van der Waals surface area contributed by atoms with Gasteiger partial charge in [-0.1, -0.05) is 28.9 Å². The fraction of sp³-hybridized carbons (Fsp3) is 0.294. The summed E-state index contributed by atoms with van der Waals surface area (Å²) < 4.78 is 1.79. The zero-order valence-corrected chi connectivity index (χ0v) is 15.2. The van der Waals surface area contributed by atoms with Crippen molar-refractivity contribution in [3.05, 3.63) is 41.7 Å². The lowest BCUT2D eigenvalue weighted by atomic mass is 10.1. The summed E-state index contributed by atoms with van der Waals surface area (Å²) in [6, 6.07) is 6.08. The molecule has 0 saturated carbocycles. The highest BCUT2D eigenvalue weighted by Crippen LogP contribution is 2.29. The molecule has 0 bridgehead atoms. The average molecular weight is 371 g/mol. The van der Waals surface area contributed by atoms with Gasteiger partial charge in [0.25, 0.3) is 0 Å². The number of nitrogens with zero attached hydrogens (tertiary/aromatic N) is 6. The highest BCUT2D eigenvalue weighted by molar-refractivity contribution is 6.35. The maximum Gasteiger partial charge on any atom is 0.221 e. The molecular formula is C17H19ClN8. The molecule has 0 radical (unpaired) electrons. The van der Waals surface area contributed by atoms with E-state index in [1.165, 1.54) is 0 Å². The van der Waals surface area contributed by atoms with Gasteiger partial charge in [-0.05, 0) is 26.0 Å². The number of rotatable bonds is 4. The summed E-state index contributed by atoms with van der Waals surface area (Å²) in [6.45, 7) is 4.91. The summed E-state index contributed by atoms with van der Waals surface area (Å²) in [5, 5.41) is 11.9. The highest BCUT2D eigenvalue weighted by atomic mass is 35.5. The second-order valence-electron chi connectivity index (χ2n) is 6.47. The molecule has 0 amide bonds. The van der Waals surface area contributed by atoms with Gasteiger partial charge in [0.2, 0.25) is 5.95 Å². The second-order valence-corrected chi connectivity index (χ2v) is 6.88. The van der Waals surface area contributed by atoms with Gasteiger partial charge in [0.05, 0.1) is 29.3 Å². The Balaban J connectivity index is 1.62. The Kier molecular flexibility index (Phi) is 4.21. The molecule has 9 heteroatoms. The largest absolute Gasteiger partial charge is 0.368 e. The van der Waals surface area contributed by atoms with E-state index in [1.807, 2.05) is 24.5 Å². The molecule has 8 nitrogen and oxygen atoms in total. The van der Waals surface area contributed by atoms with Crippen molar-refractivity contribution in [2.45, 2.75) is 32.5 Å². The average Bonchev–Trinajstić information content (AvgIpc) is 3.25. The minimum Gasteiger partial charge on any atom is -0.368 e. The number of benzene rings is 1. The van der Waals surface area contributed by atoms with Crippen molar-refractivity contribution < 1.29 is 0 Å². The van der Waals surface area contributed by atoms with Gasteiger partial charge in [-0.3, -0.25) is 0 Å². The first kappa shape index (κ1) is 16.7. The number of hydrazine groups is 1. The van der Waals surface area contributed by atoms with Crippen LogP contribution in [0.25, 0.3) is 22.3 Å². The summed E-state index contributed by atoms with van der Waals surface area (Å²) in [4.78, 5) is 8.58. The SMILES string of the molecule is CC(C)N1C=CC(Cn2cc(-c3nc(N)nc4c(Cl)cccc34)nn2)N1. The minimum atomic E-state index is 0.156. The molecule has 3 N–H and O–H groups in total. The van der Waals surface area contributed by atoms with Crippen LogP contribution in [0.3, 0.4) is 0 Å². The molecule has 4 rings (SSSR count). The van der Waals surface area contributed by atoms with E-state index in [-0.39, 0.29) is 12.0 Å². The molecule has 0 spiro atoms. The van der Waals surface area contributed by atoms with E-state index in [0.717, 1.165) is 5.39 Å². The van der Waals surface area contributed by atoms with Crippen LogP contribution in [0.2, 0.25) is 5.02 Å². The van der Waals surface area contributed by atoms with E-state index >= 15 is 0 Å². The topological polar surface area (TPSA) is 97.8 Å². The van der Waals surface area contributed by atoms with Crippen molar-refractivity contribution >= 4 is 28.5 Å². The Morgan fingerprint density at radius 1 is 1.31 bits per heavy atom. The first-order valence-electron chi connectivity index (χ1n) is 8.36. The number of nitrogen functional groups attached to an aromatic ring is 1. The molecule has 0 aliphatic carbocycles. The smallest absolute Gasteiger partial charge is 0.221 e. The Morgan fingerprint density at radius 3 is 2.92 bits per heavy atom. The molecule has 1 aromatic carbocycles. The summed E-state index contributed by atoms with van der Waals surface area (Å²) in [5.41, 5.74) is 11.1. The van der Waals surface area contributed by atoms with E-state index in [9.17, 15) is 0 Å². The van der Waals surface area contributed by atoms with Crippen molar-refractivity contribution in [2.24, 2.45) is 0 Å². The number of nitrogens with two attached hydrogens (primary N) is 1. The van der Waals surface area contributed by atoms with Gasteiger partial charge >= 0.3 is 0 Å². The van der Waals surface area contributed by atoms with Crippen LogP contribution < -0.4 is 11.2 Å². The van der Waals surface area contributed by atoms with Gasteiger partial charge in [0.15, 0.2) is 0 Å². The Labute approximate surface area is 155 Å². The molecule has 1 unspecified atom stereocenters. The number of fused-ring (bicyclic) bond motifs is 1. The molecule has 134 valence electrons. The van der Waals surface area contributed by atoms with Crippen molar-refractivity contribution in [1.82, 2.24) is 35.4 Å². The lowest BCUT2D eigenvalue weighted by Crippen LogP contribution is -2.41. The fourth-order valence-electron chi connectivity index (χ4n) is 2.92. The number of hydrogen-bond acceptors (Lipinski definition) is 7. The standard InChI is InChI=1S/C17H19ClN8/c1-10(2)26-7-6-11(23-26)8-25-9-14(22-24-25)16-12-4-3-5-13(18)15(12)20-17(19)21-16/h3-7,9-11,23H,8H2,1-2H3,(H2,19,20,21). The van der Waals surface area contributed by atoms with Crippen LogP contribution in [0.4, 0.5) is 5.95 Å². The van der Waals surface area contributed by atoms with Crippen molar-refractivity contribution in [2.75, 3.05) is 5.73 Å². The zero-order chi connectivity index (χ0) is 18.3. The number of halogens is 1. The summed E-state index contributed by atoms with van der Waals surface area (Å²) >= 11 is 6.24. The van der Waals surface area contributed by atoms with Gasteiger partial charge in [-0.2, -0.15) is 0 Å². The third kappa shape index (κ3) is 3.09. The Hall–Kier alpha value is -2.71. The molecule has 1 aliphatic heterocycles. The third-order valence-corrected chi connectivity index (χ3v) is 4.51. The Bertz CT molecular complexity index is 980.